The lowest BCUT2D eigenvalue weighted by molar-refractivity contribution is 0.103. The minimum absolute atomic E-state index is 0.189. The molecule has 1 aliphatic rings. The molecule has 8 heteroatoms. The van der Waals surface area contributed by atoms with Crippen molar-refractivity contribution in [3.05, 3.63) is 64.3 Å². The number of carbonyl (C=O) groups excluding carboxylic acids is 1. The third-order valence-corrected chi connectivity index (χ3v) is 5.90. The van der Waals surface area contributed by atoms with Crippen LogP contribution in [0.2, 0.25) is 0 Å². The average Bonchev–Trinajstić information content (AvgIpc) is 3.01. The van der Waals surface area contributed by atoms with Crippen LogP contribution in [-0.2, 0) is 6.42 Å². The molecule has 2 heterocycles. The zero-order valence-electron chi connectivity index (χ0n) is 14.9. The lowest BCUT2D eigenvalue weighted by Crippen LogP contribution is -2.19. The van der Waals surface area contributed by atoms with Gasteiger partial charge in [0.25, 0.3) is 5.91 Å². The van der Waals surface area contributed by atoms with Gasteiger partial charge in [-0.15, -0.1) is 11.3 Å². The van der Waals surface area contributed by atoms with Crippen molar-refractivity contribution in [3.8, 4) is 10.4 Å². The number of hydrogen-bond donors (Lipinski definition) is 2. The average molecular weight is 403 g/mol. The van der Waals surface area contributed by atoms with E-state index in [1.54, 1.807) is 12.1 Å². The van der Waals surface area contributed by atoms with Gasteiger partial charge in [0.05, 0.1) is 10.6 Å². The van der Waals surface area contributed by atoms with Crippen molar-refractivity contribution in [1.82, 2.24) is 0 Å². The number of rotatable bonds is 2. The van der Waals surface area contributed by atoms with E-state index in [1.807, 2.05) is 11.9 Å². The maximum absolute atomic E-state index is 14.0. The molecule has 28 heavy (non-hydrogen) atoms. The molecular formula is C20H16F3N3OS. The SMILES string of the molecule is CN1CCc2cc(C(=O)Nc3c(N)cc(F)cc3F)sc2-c2ccc(F)cc21. The van der Waals surface area contributed by atoms with Crippen LogP contribution in [0.4, 0.5) is 30.2 Å². The van der Waals surface area contributed by atoms with E-state index in [0.717, 1.165) is 27.8 Å². The van der Waals surface area contributed by atoms with Crippen LogP contribution in [0.5, 0.6) is 0 Å². The molecule has 0 spiro atoms. The first-order chi connectivity index (χ1) is 13.3. The molecule has 2 aromatic carbocycles. The molecule has 0 atom stereocenters. The van der Waals surface area contributed by atoms with Gasteiger partial charge in [0.2, 0.25) is 0 Å². The van der Waals surface area contributed by atoms with Gasteiger partial charge >= 0.3 is 0 Å². The maximum Gasteiger partial charge on any atom is 0.265 e. The Morgan fingerprint density at radius 1 is 1.14 bits per heavy atom. The van der Waals surface area contributed by atoms with Gasteiger partial charge in [-0.25, -0.2) is 13.2 Å². The van der Waals surface area contributed by atoms with Gasteiger partial charge in [0.1, 0.15) is 17.3 Å². The summed E-state index contributed by atoms with van der Waals surface area (Å²) in [5, 5.41) is 2.42. The lowest BCUT2D eigenvalue weighted by atomic mass is 10.1. The van der Waals surface area contributed by atoms with Crippen molar-refractivity contribution in [1.29, 1.82) is 0 Å². The first-order valence-electron chi connectivity index (χ1n) is 8.53. The Kier molecular flexibility index (Phi) is 4.50. The summed E-state index contributed by atoms with van der Waals surface area (Å²) in [7, 11) is 1.89. The van der Waals surface area contributed by atoms with E-state index in [9.17, 15) is 18.0 Å². The highest BCUT2D eigenvalue weighted by molar-refractivity contribution is 7.17. The van der Waals surface area contributed by atoms with Crippen LogP contribution in [0.1, 0.15) is 15.2 Å². The molecule has 0 radical (unpaired) electrons. The van der Waals surface area contributed by atoms with E-state index in [1.165, 1.54) is 23.5 Å². The predicted molar refractivity (Wildman–Crippen MR) is 105 cm³/mol. The fourth-order valence-corrected chi connectivity index (χ4v) is 4.42. The summed E-state index contributed by atoms with van der Waals surface area (Å²) in [4.78, 5) is 15.9. The number of thiophene rings is 1. The Balaban J connectivity index is 1.70. The third-order valence-electron chi connectivity index (χ3n) is 4.69. The number of benzene rings is 2. The molecule has 4 nitrogen and oxygen atoms in total. The molecule has 0 bridgehead atoms. The predicted octanol–water partition coefficient (Wildman–Crippen LogP) is 4.66. The molecule has 4 rings (SSSR count). The van der Waals surface area contributed by atoms with Crippen molar-refractivity contribution in [2.75, 3.05) is 29.5 Å². The smallest absolute Gasteiger partial charge is 0.265 e. The Morgan fingerprint density at radius 2 is 1.93 bits per heavy atom. The molecule has 3 N–H and O–H groups in total. The van der Waals surface area contributed by atoms with Gasteiger partial charge in [-0.3, -0.25) is 4.79 Å². The largest absolute Gasteiger partial charge is 0.397 e. The second-order valence-electron chi connectivity index (χ2n) is 6.60. The Morgan fingerprint density at radius 3 is 2.68 bits per heavy atom. The lowest BCUT2D eigenvalue weighted by Gasteiger charge is -2.19. The van der Waals surface area contributed by atoms with E-state index in [0.29, 0.717) is 23.9 Å². The van der Waals surface area contributed by atoms with Gasteiger partial charge in [-0.05, 0) is 42.3 Å². The molecule has 0 saturated heterocycles. The highest BCUT2D eigenvalue weighted by Crippen LogP contribution is 2.41. The van der Waals surface area contributed by atoms with Crippen molar-refractivity contribution >= 4 is 34.3 Å². The van der Waals surface area contributed by atoms with Crippen LogP contribution < -0.4 is 16.0 Å². The second-order valence-corrected chi connectivity index (χ2v) is 7.66. The second kappa shape index (κ2) is 6.87. The molecule has 0 fully saturated rings. The zero-order valence-corrected chi connectivity index (χ0v) is 15.7. The Hall–Kier alpha value is -3.00. The zero-order chi connectivity index (χ0) is 20.0. The fourth-order valence-electron chi connectivity index (χ4n) is 3.28. The van der Waals surface area contributed by atoms with Crippen LogP contribution in [0.25, 0.3) is 10.4 Å². The van der Waals surface area contributed by atoms with Crippen LogP contribution in [0.15, 0.2) is 36.4 Å². The van der Waals surface area contributed by atoms with Crippen LogP contribution in [0.3, 0.4) is 0 Å². The number of nitrogens with one attached hydrogen (secondary N) is 1. The molecule has 0 unspecified atom stereocenters. The standard InChI is InChI=1S/C20H16F3N3OS/c1-26-5-4-10-6-17(28-19(10)13-3-2-11(21)9-16(13)26)20(27)25-18-14(23)7-12(22)8-15(18)24/h2-3,6-9H,4-5,24H2,1H3,(H,25,27). The summed E-state index contributed by atoms with van der Waals surface area (Å²) in [6, 6.07) is 7.91. The summed E-state index contributed by atoms with van der Waals surface area (Å²) in [5.41, 5.74) is 7.74. The number of fused-ring (bicyclic) bond motifs is 3. The summed E-state index contributed by atoms with van der Waals surface area (Å²) in [6.45, 7) is 0.667. The van der Waals surface area contributed by atoms with E-state index in [2.05, 4.69) is 5.32 Å². The summed E-state index contributed by atoms with van der Waals surface area (Å²) in [6.07, 6.45) is 0.680. The maximum atomic E-state index is 14.0. The number of likely N-dealkylation sites (N-methyl/N-ethyl adjacent to an activating group) is 1. The number of nitrogen functional groups attached to an aromatic ring is 1. The highest BCUT2D eigenvalue weighted by atomic mass is 32.1. The number of nitrogens with zero attached hydrogens (tertiary/aromatic N) is 1. The molecular weight excluding hydrogens is 387 g/mol. The third kappa shape index (κ3) is 3.20. The number of carbonyl (C=O) groups is 1. The van der Waals surface area contributed by atoms with Crippen LogP contribution in [0, 0.1) is 17.5 Å². The van der Waals surface area contributed by atoms with Gasteiger partial charge in [0.15, 0.2) is 5.82 Å². The molecule has 0 saturated carbocycles. The number of anilines is 3. The molecule has 1 aromatic heterocycles. The van der Waals surface area contributed by atoms with E-state index in [4.69, 9.17) is 5.73 Å². The molecule has 3 aromatic rings. The van der Waals surface area contributed by atoms with Gasteiger partial charge in [0, 0.05) is 35.8 Å². The number of halogens is 3. The van der Waals surface area contributed by atoms with Crippen LogP contribution >= 0.6 is 11.3 Å². The Bertz CT molecular complexity index is 1070. The van der Waals surface area contributed by atoms with Crippen molar-refractivity contribution in [3.63, 3.8) is 0 Å². The number of hydrogen-bond acceptors (Lipinski definition) is 4. The monoisotopic (exact) mass is 403 g/mol. The molecule has 0 aliphatic carbocycles. The molecule has 1 aliphatic heterocycles. The highest BCUT2D eigenvalue weighted by Gasteiger charge is 2.23. The van der Waals surface area contributed by atoms with Crippen molar-refractivity contribution in [2.24, 2.45) is 0 Å². The van der Waals surface area contributed by atoms with Gasteiger partial charge < -0.3 is 16.0 Å². The summed E-state index contributed by atoms with van der Waals surface area (Å²) < 4.78 is 40.9. The minimum atomic E-state index is -0.939. The van der Waals surface area contributed by atoms with Crippen molar-refractivity contribution < 1.29 is 18.0 Å². The van der Waals surface area contributed by atoms with E-state index >= 15 is 0 Å². The van der Waals surface area contributed by atoms with Gasteiger partial charge in [-0.1, -0.05) is 0 Å². The van der Waals surface area contributed by atoms with Crippen LogP contribution in [-0.4, -0.2) is 19.5 Å². The van der Waals surface area contributed by atoms with E-state index < -0.39 is 17.5 Å². The normalized spacial score (nSPS) is 12.9. The Labute approximate surface area is 163 Å². The first kappa shape index (κ1) is 18.4. The topological polar surface area (TPSA) is 58.4 Å². The summed E-state index contributed by atoms with van der Waals surface area (Å²) in [5.74, 6) is -2.62. The quantitative estimate of drug-likeness (QED) is 0.612. The first-order valence-corrected chi connectivity index (χ1v) is 9.35. The molecule has 1 amide bonds. The number of amides is 1. The number of nitrogens with two attached hydrogens (primary N) is 1. The molecule has 144 valence electrons. The van der Waals surface area contributed by atoms with Crippen molar-refractivity contribution in [2.45, 2.75) is 6.42 Å². The van der Waals surface area contributed by atoms with E-state index in [-0.39, 0.29) is 17.2 Å². The minimum Gasteiger partial charge on any atom is -0.397 e. The summed E-state index contributed by atoms with van der Waals surface area (Å²) >= 11 is 1.24. The van der Waals surface area contributed by atoms with Gasteiger partial charge in [-0.2, -0.15) is 0 Å². The fraction of sp³-hybridized carbons (Fsp3) is 0.150.